The molecule has 0 heterocycles. The van der Waals surface area contributed by atoms with E-state index in [1.165, 1.54) is 18.0 Å². The van der Waals surface area contributed by atoms with Crippen LogP contribution in [0.4, 0.5) is 0 Å². The molecular formula is C11H24OSi. The van der Waals surface area contributed by atoms with Gasteiger partial charge in [-0.2, -0.15) is 0 Å². The van der Waals surface area contributed by atoms with E-state index >= 15 is 0 Å². The number of hydrogen-bond acceptors (Lipinski definition) is 1. The van der Waals surface area contributed by atoms with E-state index in [4.69, 9.17) is 0 Å². The van der Waals surface area contributed by atoms with Gasteiger partial charge in [-0.15, -0.1) is 0 Å². The van der Waals surface area contributed by atoms with Gasteiger partial charge in [-0.25, -0.2) is 0 Å². The monoisotopic (exact) mass is 200 g/mol. The summed E-state index contributed by atoms with van der Waals surface area (Å²) in [5, 5.41) is 10.9. The van der Waals surface area contributed by atoms with Crippen molar-refractivity contribution in [1.82, 2.24) is 0 Å². The van der Waals surface area contributed by atoms with Gasteiger partial charge in [0.2, 0.25) is 0 Å². The molecule has 1 nitrogen and oxygen atoms in total. The molecule has 0 unspecified atom stereocenters. The SMILES string of the molecule is CCCC/C=C(/[C@@H](C)O)[Si](C)(C)C. The topological polar surface area (TPSA) is 20.2 Å². The van der Waals surface area contributed by atoms with Gasteiger partial charge in [0, 0.05) is 0 Å². The van der Waals surface area contributed by atoms with Gasteiger partial charge in [0.25, 0.3) is 0 Å². The molecule has 0 aliphatic rings. The van der Waals surface area contributed by atoms with E-state index < -0.39 is 8.07 Å². The Morgan fingerprint density at radius 3 is 2.23 bits per heavy atom. The highest BCUT2D eigenvalue weighted by Gasteiger charge is 2.22. The Morgan fingerprint density at radius 2 is 1.92 bits per heavy atom. The summed E-state index contributed by atoms with van der Waals surface area (Å²) in [5.74, 6) is 0. The average molecular weight is 200 g/mol. The van der Waals surface area contributed by atoms with E-state index in [0.717, 1.165) is 6.42 Å². The van der Waals surface area contributed by atoms with Crippen LogP contribution in [0.25, 0.3) is 0 Å². The quantitative estimate of drug-likeness (QED) is 0.533. The number of hydrogen-bond donors (Lipinski definition) is 1. The molecule has 0 aromatic heterocycles. The fourth-order valence-electron chi connectivity index (χ4n) is 1.57. The van der Waals surface area contributed by atoms with Crippen molar-refractivity contribution in [1.29, 1.82) is 0 Å². The van der Waals surface area contributed by atoms with Crippen LogP contribution in [0, 0.1) is 0 Å². The summed E-state index contributed by atoms with van der Waals surface area (Å²) in [6.45, 7) is 11.0. The highest BCUT2D eigenvalue weighted by molar-refractivity contribution is 6.83. The first-order valence-corrected chi connectivity index (χ1v) is 8.78. The maximum Gasteiger partial charge on any atom is 0.0753 e. The number of allylic oxidation sites excluding steroid dienone is 1. The molecule has 0 amide bonds. The van der Waals surface area contributed by atoms with Crippen molar-refractivity contribution < 1.29 is 5.11 Å². The number of aliphatic hydroxyl groups is 1. The molecule has 0 radical (unpaired) electrons. The van der Waals surface area contributed by atoms with Crippen LogP contribution in [0.1, 0.15) is 33.1 Å². The van der Waals surface area contributed by atoms with Crippen molar-refractivity contribution in [3.05, 3.63) is 11.3 Å². The zero-order valence-corrected chi connectivity index (χ0v) is 10.7. The van der Waals surface area contributed by atoms with Gasteiger partial charge in [-0.05, 0) is 13.3 Å². The summed E-state index contributed by atoms with van der Waals surface area (Å²) >= 11 is 0. The summed E-state index contributed by atoms with van der Waals surface area (Å²) < 4.78 is 0. The van der Waals surface area contributed by atoms with Gasteiger partial charge < -0.3 is 5.11 Å². The van der Waals surface area contributed by atoms with Crippen LogP contribution in [0.15, 0.2) is 11.3 Å². The average Bonchev–Trinajstić information content (AvgIpc) is 1.94. The summed E-state index contributed by atoms with van der Waals surface area (Å²) in [6, 6.07) is 0. The number of aliphatic hydroxyl groups excluding tert-OH is 1. The zero-order valence-electron chi connectivity index (χ0n) is 9.72. The van der Waals surface area contributed by atoms with Crippen LogP contribution >= 0.6 is 0 Å². The lowest BCUT2D eigenvalue weighted by Crippen LogP contribution is -2.30. The Hall–Kier alpha value is -0.0831. The standard InChI is InChI=1S/C11H24OSi/c1-6-7-8-9-11(10(2)12)13(3,4)5/h9-10,12H,6-8H2,1-5H3/b11-9-/t10-/m1/s1. The van der Waals surface area contributed by atoms with Crippen LogP contribution in [-0.4, -0.2) is 19.3 Å². The highest BCUT2D eigenvalue weighted by Crippen LogP contribution is 2.19. The van der Waals surface area contributed by atoms with Crippen molar-refractivity contribution in [2.75, 3.05) is 0 Å². The van der Waals surface area contributed by atoms with Crippen LogP contribution < -0.4 is 0 Å². The molecule has 78 valence electrons. The number of rotatable bonds is 5. The predicted molar refractivity (Wildman–Crippen MR) is 62.6 cm³/mol. The van der Waals surface area contributed by atoms with E-state index in [0.29, 0.717) is 0 Å². The summed E-state index contributed by atoms with van der Waals surface area (Å²) in [6.07, 6.45) is 5.61. The minimum Gasteiger partial charge on any atom is -0.389 e. The van der Waals surface area contributed by atoms with Gasteiger partial charge >= 0.3 is 0 Å². The molecule has 13 heavy (non-hydrogen) atoms. The smallest absolute Gasteiger partial charge is 0.0753 e. The first-order valence-electron chi connectivity index (χ1n) is 5.28. The Bertz CT molecular complexity index is 165. The minimum absolute atomic E-state index is 0.247. The summed E-state index contributed by atoms with van der Waals surface area (Å²) in [4.78, 5) is 0. The van der Waals surface area contributed by atoms with Crippen molar-refractivity contribution in [3.8, 4) is 0 Å². The fraction of sp³-hybridized carbons (Fsp3) is 0.818. The molecule has 0 bridgehead atoms. The van der Waals surface area contributed by atoms with Crippen LogP contribution in [0.5, 0.6) is 0 Å². The molecule has 0 saturated heterocycles. The predicted octanol–water partition coefficient (Wildman–Crippen LogP) is 3.36. The Morgan fingerprint density at radius 1 is 1.38 bits per heavy atom. The lowest BCUT2D eigenvalue weighted by molar-refractivity contribution is 0.237. The molecule has 2 heteroatoms. The molecule has 0 aromatic carbocycles. The minimum atomic E-state index is -1.29. The molecule has 1 N–H and O–H groups in total. The molecule has 0 aliphatic heterocycles. The molecule has 0 fully saturated rings. The van der Waals surface area contributed by atoms with E-state index in [2.05, 4.69) is 32.6 Å². The van der Waals surface area contributed by atoms with Crippen molar-refractivity contribution >= 4 is 8.07 Å². The van der Waals surface area contributed by atoms with Crippen molar-refractivity contribution in [2.24, 2.45) is 0 Å². The van der Waals surface area contributed by atoms with Gasteiger partial charge in [0.05, 0.1) is 14.2 Å². The molecular weight excluding hydrogens is 176 g/mol. The van der Waals surface area contributed by atoms with E-state index in [1.54, 1.807) is 0 Å². The molecule has 1 atom stereocenters. The second-order valence-corrected chi connectivity index (χ2v) is 9.81. The maximum absolute atomic E-state index is 9.61. The third-order valence-corrected chi connectivity index (χ3v) is 4.59. The van der Waals surface area contributed by atoms with Crippen LogP contribution in [0.2, 0.25) is 19.6 Å². The van der Waals surface area contributed by atoms with Gasteiger partial charge in [-0.1, -0.05) is 50.7 Å². The first-order chi connectivity index (χ1) is 5.89. The Balaban J connectivity index is 4.34. The summed E-state index contributed by atoms with van der Waals surface area (Å²) in [5.41, 5.74) is 0. The number of unbranched alkanes of at least 4 members (excludes halogenated alkanes) is 2. The fourth-order valence-corrected chi connectivity index (χ4v) is 3.58. The molecule has 0 aromatic rings. The second-order valence-electron chi connectivity index (χ2n) is 4.73. The maximum atomic E-state index is 9.61. The zero-order chi connectivity index (χ0) is 10.5. The summed E-state index contributed by atoms with van der Waals surface area (Å²) in [7, 11) is -1.29. The second kappa shape index (κ2) is 5.61. The largest absolute Gasteiger partial charge is 0.389 e. The van der Waals surface area contributed by atoms with E-state index in [1.807, 2.05) is 6.92 Å². The first kappa shape index (κ1) is 12.9. The third-order valence-electron chi connectivity index (χ3n) is 2.24. The normalized spacial score (nSPS) is 16.0. The third kappa shape index (κ3) is 5.27. The van der Waals surface area contributed by atoms with Gasteiger partial charge in [0.15, 0.2) is 0 Å². The van der Waals surface area contributed by atoms with Crippen LogP contribution in [-0.2, 0) is 0 Å². The van der Waals surface area contributed by atoms with Gasteiger partial charge in [-0.3, -0.25) is 0 Å². The van der Waals surface area contributed by atoms with E-state index in [9.17, 15) is 5.11 Å². The molecule has 0 aliphatic carbocycles. The molecule has 0 saturated carbocycles. The lowest BCUT2D eigenvalue weighted by atomic mass is 10.2. The van der Waals surface area contributed by atoms with Gasteiger partial charge in [0.1, 0.15) is 0 Å². The van der Waals surface area contributed by atoms with Crippen molar-refractivity contribution in [3.63, 3.8) is 0 Å². The highest BCUT2D eigenvalue weighted by atomic mass is 28.3. The van der Waals surface area contributed by atoms with Crippen LogP contribution in [0.3, 0.4) is 0 Å². The Labute approximate surface area is 83.9 Å². The lowest BCUT2D eigenvalue weighted by Gasteiger charge is -2.23. The molecule has 0 rings (SSSR count). The Kier molecular flexibility index (Phi) is 5.57. The molecule has 0 spiro atoms. The van der Waals surface area contributed by atoms with E-state index in [-0.39, 0.29) is 6.10 Å². The van der Waals surface area contributed by atoms with Crippen molar-refractivity contribution in [2.45, 2.75) is 58.9 Å².